The van der Waals surface area contributed by atoms with E-state index >= 15 is 0 Å². The number of rotatable bonds is 2. The fourth-order valence-corrected chi connectivity index (χ4v) is 3.96. The minimum absolute atomic E-state index is 0.0883. The van der Waals surface area contributed by atoms with E-state index in [0.717, 1.165) is 12.8 Å². The van der Waals surface area contributed by atoms with Crippen molar-refractivity contribution < 1.29 is 18.7 Å². The highest BCUT2D eigenvalue weighted by atomic mass is 16.5. The van der Waals surface area contributed by atoms with Gasteiger partial charge >= 0.3 is 0 Å². The summed E-state index contributed by atoms with van der Waals surface area (Å²) in [6.45, 7) is 8.52. The van der Waals surface area contributed by atoms with E-state index in [1.807, 2.05) is 30.2 Å². The molecule has 2 aromatic rings. The topological polar surface area (TPSA) is 102 Å². The van der Waals surface area contributed by atoms with Crippen LogP contribution in [0.25, 0.3) is 0 Å². The fourth-order valence-electron chi connectivity index (χ4n) is 3.96. The van der Waals surface area contributed by atoms with Crippen LogP contribution in [0, 0.1) is 5.41 Å². The fraction of sp³-hybridized carbons (Fsp3) is 0.600. The second kappa shape index (κ2) is 7.29. The Hall–Kier alpha value is -2.68. The summed E-state index contributed by atoms with van der Waals surface area (Å²) in [5.74, 6) is 1.01. The summed E-state index contributed by atoms with van der Waals surface area (Å²) in [5.41, 5.74) is -0.524. The Morgan fingerprint density at radius 1 is 1.21 bits per heavy atom. The molecule has 9 heteroatoms. The lowest BCUT2D eigenvalue weighted by Gasteiger charge is -2.40. The number of hydrogen-bond donors (Lipinski definition) is 1. The number of carbonyl (C=O) groups is 2. The largest absolute Gasteiger partial charge is 0.459 e. The molecule has 1 saturated heterocycles. The Morgan fingerprint density at radius 3 is 2.62 bits per heavy atom. The van der Waals surface area contributed by atoms with Crippen LogP contribution >= 0.6 is 0 Å². The maximum atomic E-state index is 12.7. The molecule has 4 rings (SSSR count). The van der Waals surface area contributed by atoms with E-state index in [2.05, 4.69) is 15.5 Å². The number of nitrogens with zero attached hydrogens (tertiary/aromatic N) is 4. The van der Waals surface area contributed by atoms with Crippen molar-refractivity contribution in [3.8, 4) is 0 Å². The zero-order valence-corrected chi connectivity index (χ0v) is 17.1. The Balaban J connectivity index is 1.50. The molecule has 0 bridgehead atoms. The summed E-state index contributed by atoms with van der Waals surface area (Å²) in [6, 6.07) is 3.40. The molecule has 2 aromatic heterocycles. The first kappa shape index (κ1) is 19.6. The zero-order chi connectivity index (χ0) is 20.6. The molecule has 2 aliphatic rings. The van der Waals surface area contributed by atoms with E-state index in [0.29, 0.717) is 50.3 Å². The van der Waals surface area contributed by atoms with Gasteiger partial charge in [-0.3, -0.25) is 9.59 Å². The lowest BCUT2D eigenvalue weighted by atomic mass is 9.78. The Morgan fingerprint density at radius 2 is 1.97 bits per heavy atom. The van der Waals surface area contributed by atoms with Gasteiger partial charge in [0.1, 0.15) is 6.61 Å². The first-order chi connectivity index (χ1) is 13.8. The van der Waals surface area contributed by atoms with Crippen LogP contribution < -0.4 is 5.32 Å². The van der Waals surface area contributed by atoms with Crippen molar-refractivity contribution >= 4 is 11.8 Å². The van der Waals surface area contributed by atoms with Crippen molar-refractivity contribution in [2.24, 2.45) is 5.41 Å². The Bertz CT molecular complexity index is 889. The number of furan rings is 1. The first-order valence-corrected chi connectivity index (χ1v) is 9.92. The van der Waals surface area contributed by atoms with Gasteiger partial charge in [-0.15, -0.1) is 10.2 Å². The van der Waals surface area contributed by atoms with Crippen molar-refractivity contribution in [3.05, 3.63) is 35.8 Å². The number of piperidine rings is 1. The molecule has 156 valence electrons. The van der Waals surface area contributed by atoms with Crippen molar-refractivity contribution in [1.82, 2.24) is 25.0 Å². The Kier molecular flexibility index (Phi) is 4.94. The van der Waals surface area contributed by atoms with Crippen LogP contribution in [0.2, 0.25) is 0 Å². The standard InChI is InChI=1S/C20H27N5O4/c1-19(2,3)21-17(26)16-23-22-15-11-28-13-20(12-25(15)16)6-8-24(9-7-20)18(27)14-5-4-10-29-14/h4-5,10H,6-9,11-13H2,1-3H3,(H,21,26). The zero-order valence-electron chi connectivity index (χ0n) is 17.1. The molecule has 1 spiro atoms. The number of aromatic nitrogens is 3. The summed E-state index contributed by atoms with van der Waals surface area (Å²) < 4.78 is 13.0. The van der Waals surface area contributed by atoms with Crippen LogP contribution in [0.3, 0.4) is 0 Å². The third kappa shape index (κ3) is 4.05. The van der Waals surface area contributed by atoms with Crippen LogP contribution in [0.15, 0.2) is 22.8 Å². The number of carbonyl (C=O) groups excluding carboxylic acids is 2. The summed E-state index contributed by atoms with van der Waals surface area (Å²) in [4.78, 5) is 27.1. The van der Waals surface area contributed by atoms with Gasteiger partial charge in [-0.1, -0.05) is 0 Å². The Labute approximate surface area is 169 Å². The van der Waals surface area contributed by atoms with E-state index < -0.39 is 0 Å². The summed E-state index contributed by atoms with van der Waals surface area (Å²) in [6.07, 6.45) is 3.06. The van der Waals surface area contributed by atoms with Gasteiger partial charge in [-0.2, -0.15) is 0 Å². The molecule has 9 nitrogen and oxygen atoms in total. The van der Waals surface area contributed by atoms with Crippen molar-refractivity contribution in [1.29, 1.82) is 0 Å². The third-order valence-corrected chi connectivity index (χ3v) is 5.50. The minimum atomic E-state index is -0.361. The first-order valence-electron chi connectivity index (χ1n) is 9.92. The van der Waals surface area contributed by atoms with E-state index in [1.165, 1.54) is 6.26 Å². The van der Waals surface area contributed by atoms with Gasteiger partial charge in [0.05, 0.1) is 12.9 Å². The highest BCUT2D eigenvalue weighted by Gasteiger charge is 2.40. The SMILES string of the molecule is CC(C)(C)NC(=O)c1nnc2n1CC1(CCN(C(=O)c3ccco3)CC1)COC2. The second-order valence-electron chi connectivity index (χ2n) is 8.99. The van der Waals surface area contributed by atoms with Gasteiger partial charge in [0.25, 0.3) is 11.8 Å². The summed E-state index contributed by atoms with van der Waals surface area (Å²) in [5, 5.41) is 11.3. The maximum absolute atomic E-state index is 12.7. The van der Waals surface area contributed by atoms with Crippen molar-refractivity contribution in [3.63, 3.8) is 0 Å². The highest BCUT2D eigenvalue weighted by Crippen LogP contribution is 2.36. The number of ether oxygens (including phenoxy) is 1. The van der Waals surface area contributed by atoms with Crippen LogP contribution in [0.5, 0.6) is 0 Å². The molecule has 2 aliphatic heterocycles. The van der Waals surface area contributed by atoms with Gasteiger partial charge in [-0.25, -0.2) is 0 Å². The van der Waals surface area contributed by atoms with Crippen LogP contribution in [-0.2, 0) is 17.9 Å². The van der Waals surface area contributed by atoms with E-state index in [-0.39, 0.29) is 22.8 Å². The van der Waals surface area contributed by atoms with E-state index in [4.69, 9.17) is 9.15 Å². The van der Waals surface area contributed by atoms with Crippen LogP contribution in [0.4, 0.5) is 0 Å². The molecule has 29 heavy (non-hydrogen) atoms. The van der Waals surface area contributed by atoms with Gasteiger partial charge in [0, 0.05) is 30.6 Å². The molecule has 1 fully saturated rings. The number of hydrogen-bond acceptors (Lipinski definition) is 6. The lowest BCUT2D eigenvalue weighted by molar-refractivity contribution is -0.00269. The molecular weight excluding hydrogens is 374 g/mol. The van der Waals surface area contributed by atoms with Crippen molar-refractivity contribution in [2.75, 3.05) is 19.7 Å². The molecule has 0 saturated carbocycles. The summed E-state index contributed by atoms with van der Waals surface area (Å²) in [7, 11) is 0. The maximum Gasteiger partial charge on any atom is 0.289 e. The number of amides is 2. The van der Waals surface area contributed by atoms with Gasteiger partial charge in [0.2, 0.25) is 5.82 Å². The quantitative estimate of drug-likeness (QED) is 0.824. The number of fused-ring (bicyclic) bond motifs is 1. The summed E-state index contributed by atoms with van der Waals surface area (Å²) >= 11 is 0. The minimum Gasteiger partial charge on any atom is -0.459 e. The van der Waals surface area contributed by atoms with Gasteiger partial charge < -0.3 is 23.9 Å². The second-order valence-corrected chi connectivity index (χ2v) is 8.99. The smallest absolute Gasteiger partial charge is 0.289 e. The lowest BCUT2D eigenvalue weighted by Crippen LogP contribution is -2.47. The normalized spacial score (nSPS) is 18.9. The van der Waals surface area contributed by atoms with Crippen molar-refractivity contribution in [2.45, 2.75) is 52.3 Å². The molecule has 0 aliphatic carbocycles. The van der Waals surface area contributed by atoms with Crippen LogP contribution in [-0.4, -0.2) is 56.7 Å². The molecule has 0 atom stereocenters. The number of nitrogens with one attached hydrogen (secondary N) is 1. The predicted molar refractivity (Wildman–Crippen MR) is 103 cm³/mol. The van der Waals surface area contributed by atoms with Gasteiger partial charge in [-0.05, 0) is 45.7 Å². The average Bonchev–Trinajstić information content (AvgIpc) is 3.28. The number of likely N-dealkylation sites (tertiary alicyclic amines) is 1. The average molecular weight is 401 g/mol. The van der Waals surface area contributed by atoms with Crippen LogP contribution in [0.1, 0.15) is 60.6 Å². The van der Waals surface area contributed by atoms with E-state index in [9.17, 15) is 9.59 Å². The molecule has 0 unspecified atom stereocenters. The molecule has 4 heterocycles. The molecule has 0 aromatic carbocycles. The van der Waals surface area contributed by atoms with Gasteiger partial charge in [0.15, 0.2) is 11.6 Å². The third-order valence-electron chi connectivity index (χ3n) is 5.50. The monoisotopic (exact) mass is 401 g/mol. The molecule has 2 amide bonds. The highest BCUT2D eigenvalue weighted by molar-refractivity contribution is 5.91. The van der Waals surface area contributed by atoms with E-state index in [1.54, 1.807) is 12.1 Å². The molecular formula is C20H27N5O4. The molecule has 1 N–H and O–H groups in total. The molecule has 0 radical (unpaired) electrons. The predicted octanol–water partition coefficient (Wildman–Crippen LogP) is 1.85.